The highest BCUT2D eigenvalue weighted by molar-refractivity contribution is 6.30. The highest BCUT2D eigenvalue weighted by Gasteiger charge is 2.14. The van der Waals surface area contributed by atoms with Crippen molar-refractivity contribution in [2.45, 2.75) is 6.42 Å². The van der Waals surface area contributed by atoms with Crippen LogP contribution in [0.3, 0.4) is 0 Å². The molecule has 17 heavy (non-hydrogen) atoms. The summed E-state index contributed by atoms with van der Waals surface area (Å²) in [7, 11) is 0. The Kier molecular flexibility index (Phi) is 4.54. The first kappa shape index (κ1) is 12.6. The first-order chi connectivity index (χ1) is 8.25. The number of carbonyl (C=O) groups excluding carboxylic acids is 1. The van der Waals surface area contributed by atoms with Crippen molar-refractivity contribution in [2.24, 2.45) is 0 Å². The monoisotopic (exact) mass is 253 g/mol. The molecule has 0 bridgehead atoms. The maximum Gasteiger partial charge on any atom is 0.176 e. The van der Waals surface area contributed by atoms with E-state index in [1.165, 1.54) is 0 Å². The molecule has 2 rings (SSSR count). The van der Waals surface area contributed by atoms with Crippen LogP contribution in [0.15, 0.2) is 24.3 Å². The third-order valence-electron chi connectivity index (χ3n) is 2.85. The van der Waals surface area contributed by atoms with Crippen LogP contribution in [0.5, 0.6) is 0 Å². The Morgan fingerprint density at radius 2 is 2.00 bits per heavy atom. The molecule has 1 saturated heterocycles. The molecule has 0 unspecified atom stereocenters. The molecule has 3 nitrogen and oxygen atoms in total. The maximum atomic E-state index is 12.0. The lowest BCUT2D eigenvalue weighted by atomic mass is 10.1. The molecule has 0 spiro atoms. The van der Waals surface area contributed by atoms with E-state index >= 15 is 0 Å². The number of rotatable bonds is 3. The van der Waals surface area contributed by atoms with E-state index in [9.17, 15) is 4.79 Å². The quantitative estimate of drug-likeness (QED) is 0.774. The highest BCUT2D eigenvalue weighted by atomic mass is 35.5. The third kappa shape index (κ3) is 3.80. The zero-order chi connectivity index (χ0) is 12.1. The van der Waals surface area contributed by atoms with Gasteiger partial charge in [-0.1, -0.05) is 11.6 Å². The molecule has 1 heterocycles. The molecule has 92 valence electrons. The predicted molar refractivity (Wildman–Crippen MR) is 67.7 cm³/mol. The summed E-state index contributed by atoms with van der Waals surface area (Å²) in [5, 5.41) is 0.657. The average Bonchev–Trinajstić information content (AvgIpc) is 2.58. The highest BCUT2D eigenvalue weighted by Crippen LogP contribution is 2.11. The summed E-state index contributed by atoms with van der Waals surface area (Å²) in [6.45, 7) is 3.74. The summed E-state index contributed by atoms with van der Waals surface area (Å²) >= 11 is 5.79. The van der Waals surface area contributed by atoms with Crippen molar-refractivity contribution in [1.29, 1.82) is 0 Å². The molecule has 1 aliphatic rings. The Bertz CT molecular complexity index is 370. The van der Waals surface area contributed by atoms with E-state index in [2.05, 4.69) is 4.90 Å². The molecule has 0 aliphatic carbocycles. The molecule has 0 saturated carbocycles. The minimum atomic E-state index is 0.142. The van der Waals surface area contributed by atoms with Gasteiger partial charge in [-0.2, -0.15) is 0 Å². The topological polar surface area (TPSA) is 29.5 Å². The minimum absolute atomic E-state index is 0.142. The van der Waals surface area contributed by atoms with E-state index in [1.54, 1.807) is 24.3 Å². The number of hydrogen-bond donors (Lipinski definition) is 0. The van der Waals surface area contributed by atoms with Crippen molar-refractivity contribution in [3.05, 3.63) is 34.9 Å². The van der Waals surface area contributed by atoms with Gasteiger partial charge in [0.1, 0.15) is 0 Å². The summed E-state index contributed by atoms with van der Waals surface area (Å²) in [5.41, 5.74) is 0.722. The number of Topliss-reactive ketones (excluding diaryl/α,β-unsaturated/α-hetero) is 1. The second-order valence-electron chi connectivity index (χ2n) is 4.17. The van der Waals surface area contributed by atoms with Crippen LogP contribution in [0.1, 0.15) is 16.8 Å². The molecule has 0 amide bonds. The molecule has 1 fully saturated rings. The molecule has 0 atom stereocenters. The second-order valence-corrected chi connectivity index (χ2v) is 4.61. The van der Waals surface area contributed by atoms with Crippen LogP contribution in [0.25, 0.3) is 0 Å². The number of hydrogen-bond acceptors (Lipinski definition) is 3. The van der Waals surface area contributed by atoms with Crippen molar-refractivity contribution >= 4 is 17.4 Å². The zero-order valence-corrected chi connectivity index (χ0v) is 10.4. The van der Waals surface area contributed by atoms with Crippen LogP contribution >= 0.6 is 11.6 Å². The molecule has 0 radical (unpaired) electrons. The van der Waals surface area contributed by atoms with Crippen LogP contribution in [0.2, 0.25) is 5.02 Å². The average molecular weight is 254 g/mol. The van der Waals surface area contributed by atoms with Gasteiger partial charge in [-0.25, -0.2) is 0 Å². The molecule has 1 aromatic rings. The smallest absolute Gasteiger partial charge is 0.176 e. The number of halogens is 1. The Balaban J connectivity index is 1.93. The van der Waals surface area contributed by atoms with Gasteiger partial charge < -0.3 is 4.74 Å². The first-order valence-corrected chi connectivity index (χ1v) is 6.22. The standard InChI is InChI=1S/C13H16ClNO2/c14-12-4-2-11(3-5-12)13(16)10-15-6-1-8-17-9-7-15/h2-5H,1,6-10H2. The Morgan fingerprint density at radius 1 is 1.24 bits per heavy atom. The summed E-state index contributed by atoms with van der Waals surface area (Å²) in [6, 6.07) is 7.05. The van der Waals surface area contributed by atoms with Gasteiger partial charge in [-0.05, 0) is 30.7 Å². The van der Waals surface area contributed by atoms with Crippen LogP contribution in [-0.4, -0.2) is 43.5 Å². The number of ketones is 1. The van der Waals surface area contributed by atoms with Crippen molar-refractivity contribution in [3.63, 3.8) is 0 Å². The van der Waals surface area contributed by atoms with E-state index in [4.69, 9.17) is 16.3 Å². The number of nitrogens with zero attached hydrogens (tertiary/aromatic N) is 1. The molecule has 4 heteroatoms. The largest absolute Gasteiger partial charge is 0.380 e. The molecule has 0 N–H and O–H groups in total. The molecule has 0 aromatic heterocycles. The van der Waals surface area contributed by atoms with Crippen LogP contribution < -0.4 is 0 Å². The zero-order valence-electron chi connectivity index (χ0n) is 9.69. The second kappa shape index (κ2) is 6.15. The van der Waals surface area contributed by atoms with E-state index in [1.807, 2.05) is 0 Å². The van der Waals surface area contributed by atoms with Gasteiger partial charge in [0.05, 0.1) is 13.2 Å². The fraction of sp³-hybridized carbons (Fsp3) is 0.462. The van der Waals surface area contributed by atoms with Crippen LogP contribution in [0, 0.1) is 0 Å². The predicted octanol–water partition coefficient (Wildman–Crippen LogP) is 2.25. The van der Waals surface area contributed by atoms with Crippen LogP contribution in [0.4, 0.5) is 0 Å². The number of ether oxygens (including phenoxy) is 1. The van der Waals surface area contributed by atoms with E-state index < -0.39 is 0 Å². The Labute approximate surface area is 106 Å². The summed E-state index contributed by atoms with van der Waals surface area (Å²) < 4.78 is 5.36. The fourth-order valence-corrected chi connectivity index (χ4v) is 2.01. The van der Waals surface area contributed by atoms with Crippen molar-refractivity contribution in [2.75, 3.05) is 32.8 Å². The molecule has 1 aromatic carbocycles. The summed E-state index contributed by atoms with van der Waals surface area (Å²) in [4.78, 5) is 14.2. The Morgan fingerprint density at radius 3 is 2.76 bits per heavy atom. The number of carbonyl (C=O) groups is 1. The first-order valence-electron chi connectivity index (χ1n) is 5.84. The van der Waals surface area contributed by atoms with Gasteiger partial charge in [0.25, 0.3) is 0 Å². The normalized spacial score (nSPS) is 17.7. The molecular formula is C13H16ClNO2. The van der Waals surface area contributed by atoms with Gasteiger partial charge in [-0.3, -0.25) is 9.69 Å². The molecule has 1 aliphatic heterocycles. The summed E-state index contributed by atoms with van der Waals surface area (Å²) in [5.74, 6) is 0.142. The van der Waals surface area contributed by atoms with Gasteiger partial charge in [0.2, 0.25) is 0 Å². The van der Waals surface area contributed by atoms with Crippen molar-refractivity contribution in [3.8, 4) is 0 Å². The fourth-order valence-electron chi connectivity index (χ4n) is 1.89. The SMILES string of the molecule is O=C(CN1CCCOCC1)c1ccc(Cl)cc1. The number of benzene rings is 1. The minimum Gasteiger partial charge on any atom is -0.380 e. The maximum absolute atomic E-state index is 12.0. The van der Waals surface area contributed by atoms with E-state index in [-0.39, 0.29) is 5.78 Å². The molecular weight excluding hydrogens is 238 g/mol. The van der Waals surface area contributed by atoms with Gasteiger partial charge in [0, 0.05) is 30.3 Å². The third-order valence-corrected chi connectivity index (χ3v) is 3.10. The Hall–Kier alpha value is -0.900. The van der Waals surface area contributed by atoms with Crippen molar-refractivity contribution in [1.82, 2.24) is 4.90 Å². The van der Waals surface area contributed by atoms with E-state index in [0.717, 1.165) is 31.7 Å². The van der Waals surface area contributed by atoms with Gasteiger partial charge >= 0.3 is 0 Å². The lowest BCUT2D eigenvalue weighted by Gasteiger charge is -2.17. The van der Waals surface area contributed by atoms with Crippen molar-refractivity contribution < 1.29 is 9.53 Å². The van der Waals surface area contributed by atoms with Gasteiger partial charge in [-0.15, -0.1) is 0 Å². The lowest BCUT2D eigenvalue weighted by Crippen LogP contribution is -2.32. The summed E-state index contributed by atoms with van der Waals surface area (Å²) in [6.07, 6.45) is 0.994. The van der Waals surface area contributed by atoms with Gasteiger partial charge in [0.15, 0.2) is 5.78 Å². The van der Waals surface area contributed by atoms with E-state index in [0.29, 0.717) is 18.2 Å². The lowest BCUT2D eigenvalue weighted by molar-refractivity contribution is 0.0922. The van der Waals surface area contributed by atoms with Crippen LogP contribution in [-0.2, 0) is 4.74 Å².